The molecule has 0 saturated heterocycles. The van der Waals surface area contributed by atoms with Crippen LogP contribution in [0, 0.1) is 5.92 Å². The van der Waals surface area contributed by atoms with E-state index in [0.717, 1.165) is 23.0 Å². The molecule has 160 valence electrons. The molecule has 8 heteroatoms. The zero-order chi connectivity index (χ0) is 21.9. The number of nitrogens with one attached hydrogen (secondary N) is 2. The summed E-state index contributed by atoms with van der Waals surface area (Å²) in [5.41, 5.74) is 1.92. The highest BCUT2D eigenvalue weighted by Gasteiger charge is 2.17. The van der Waals surface area contributed by atoms with Gasteiger partial charge in [0.15, 0.2) is 5.82 Å². The second-order valence-corrected chi connectivity index (χ2v) is 8.69. The minimum absolute atomic E-state index is 0.102. The molecule has 2 amide bonds. The molecule has 0 aliphatic rings. The van der Waals surface area contributed by atoms with Crippen LogP contribution in [0.25, 0.3) is 21.9 Å². The fourth-order valence-electron chi connectivity index (χ4n) is 3.09. The lowest BCUT2D eigenvalue weighted by Crippen LogP contribution is -2.37. The first kappa shape index (κ1) is 21.7. The lowest BCUT2D eigenvalue weighted by molar-refractivity contribution is -0.132. The number of fused-ring (bicyclic) bond motifs is 3. The van der Waals surface area contributed by atoms with Crippen LogP contribution in [0.1, 0.15) is 34.6 Å². The molecule has 8 nitrogen and oxygen atoms in total. The van der Waals surface area contributed by atoms with E-state index in [1.54, 1.807) is 6.33 Å². The van der Waals surface area contributed by atoms with E-state index in [4.69, 9.17) is 4.74 Å². The number of imidazole rings is 1. The summed E-state index contributed by atoms with van der Waals surface area (Å²) in [6, 6.07) is 7.78. The number of hydrogen-bond acceptors (Lipinski definition) is 5. The number of rotatable bonds is 7. The molecule has 0 fully saturated rings. The summed E-state index contributed by atoms with van der Waals surface area (Å²) in [5, 5.41) is 6.34. The summed E-state index contributed by atoms with van der Waals surface area (Å²) in [6.07, 6.45) is 1.78. The maximum atomic E-state index is 12.4. The van der Waals surface area contributed by atoms with Crippen LogP contribution < -0.4 is 10.6 Å². The van der Waals surface area contributed by atoms with E-state index < -0.39 is 5.60 Å². The first-order valence-corrected chi connectivity index (χ1v) is 10.1. The third-order valence-electron chi connectivity index (χ3n) is 4.36. The Hall–Kier alpha value is -3.00. The van der Waals surface area contributed by atoms with E-state index in [1.165, 1.54) is 0 Å². The summed E-state index contributed by atoms with van der Waals surface area (Å²) >= 11 is 0. The molecule has 0 radical (unpaired) electrons. The lowest BCUT2D eigenvalue weighted by atomic mass is 10.1. The highest BCUT2D eigenvalue weighted by Crippen LogP contribution is 2.29. The van der Waals surface area contributed by atoms with Gasteiger partial charge in [0.25, 0.3) is 0 Å². The lowest BCUT2D eigenvalue weighted by Gasteiger charge is -2.18. The average Bonchev–Trinajstić information content (AvgIpc) is 3.08. The van der Waals surface area contributed by atoms with Gasteiger partial charge in [-0.25, -0.2) is 9.97 Å². The topological polar surface area (TPSA) is 98.1 Å². The largest absolute Gasteiger partial charge is 0.366 e. The van der Waals surface area contributed by atoms with E-state index in [0.29, 0.717) is 17.3 Å². The zero-order valence-corrected chi connectivity index (χ0v) is 18.2. The van der Waals surface area contributed by atoms with Crippen LogP contribution in [-0.2, 0) is 20.9 Å². The van der Waals surface area contributed by atoms with Gasteiger partial charge in [0.1, 0.15) is 12.1 Å². The van der Waals surface area contributed by atoms with Gasteiger partial charge in [0.2, 0.25) is 11.8 Å². The van der Waals surface area contributed by atoms with Crippen LogP contribution >= 0.6 is 0 Å². The molecule has 1 aromatic carbocycles. The molecular weight excluding hydrogens is 382 g/mol. The van der Waals surface area contributed by atoms with Crippen LogP contribution in [-0.4, -0.2) is 45.1 Å². The first-order valence-electron chi connectivity index (χ1n) is 10.1. The second-order valence-electron chi connectivity index (χ2n) is 8.69. The van der Waals surface area contributed by atoms with Gasteiger partial charge in [-0.05, 0) is 32.8 Å². The fourth-order valence-corrected chi connectivity index (χ4v) is 3.09. The van der Waals surface area contributed by atoms with Crippen LogP contribution in [0.15, 0.2) is 30.6 Å². The van der Waals surface area contributed by atoms with Gasteiger partial charge in [-0.3, -0.25) is 9.59 Å². The Labute approximate surface area is 176 Å². The summed E-state index contributed by atoms with van der Waals surface area (Å²) < 4.78 is 7.50. The van der Waals surface area contributed by atoms with Crippen LogP contribution in [0.2, 0.25) is 0 Å². The molecule has 0 aliphatic heterocycles. The van der Waals surface area contributed by atoms with Crippen molar-refractivity contribution < 1.29 is 14.3 Å². The summed E-state index contributed by atoms with van der Waals surface area (Å²) in [5.74, 6) is 0.105. The maximum Gasteiger partial charge on any atom is 0.246 e. The van der Waals surface area contributed by atoms with E-state index in [1.807, 2.05) is 45.0 Å². The van der Waals surface area contributed by atoms with Gasteiger partial charge in [-0.2, -0.15) is 0 Å². The summed E-state index contributed by atoms with van der Waals surface area (Å²) in [4.78, 5) is 33.4. The predicted molar refractivity (Wildman–Crippen MR) is 117 cm³/mol. The van der Waals surface area contributed by atoms with Gasteiger partial charge in [-0.15, -0.1) is 0 Å². The Bertz CT molecular complexity index is 1070. The fraction of sp³-hybridized carbons (Fsp3) is 0.455. The Morgan fingerprint density at radius 3 is 2.60 bits per heavy atom. The van der Waals surface area contributed by atoms with Crippen molar-refractivity contribution in [3.63, 3.8) is 0 Å². The minimum atomic E-state index is -0.422. The number of anilines is 1. The molecule has 0 aliphatic carbocycles. The van der Waals surface area contributed by atoms with E-state index in [-0.39, 0.29) is 25.0 Å². The van der Waals surface area contributed by atoms with Crippen LogP contribution in [0.3, 0.4) is 0 Å². The normalized spacial score (nSPS) is 11.9. The molecule has 3 rings (SSSR count). The van der Waals surface area contributed by atoms with Crippen molar-refractivity contribution in [2.75, 3.05) is 18.5 Å². The third-order valence-corrected chi connectivity index (χ3v) is 4.36. The quantitative estimate of drug-likeness (QED) is 0.622. The highest BCUT2D eigenvalue weighted by atomic mass is 16.5. The zero-order valence-electron chi connectivity index (χ0n) is 18.2. The van der Waals surface area contributed by atoms with Crippen molar-refractivity contribution in [1.29, 1.82) is 0 Å². The predicted octanol–water partition coefficient (Wildman–Crippen LogP) is 3.11. The number of nitrogens with zero attached hydrogens (tertiary/aromatic N) is 3. The number of amides is 2. The van der Waals surface area contributed by atoms with Crippen molar-refractivity contribution in [2.24, 2.45) is 5.92 Å². The standard InChI is InChI=1S/C22H29N5O3/c1-14(2)11-27-13-24-19-20(27)15-8-6-7-9-16(15)25-21(19)26-17(28)10-23-18(29)12-30-22(3,4)5/h6-9,13-14H,10-12H2,1-5H3,(H,23,29)(H,25,26,28). The molecule has 0 unspecified atom stereocenters. The molecule has 30 heavy (non-hydrogen) atoms. The molecule has 0 spiro atoms. The third kappa shape index (κ3) is 5.33. The van der Waals surface area contributed by atoms with Gasteiger partial charge >= 0.3 is 0 Å². The van der Waals surface area contributed by atoms with E-state index in [2.05, 4.69) is 39.0 Å². The Morgan fingerprint density at radius 2 is 1.90 bits per heavy atom. The van der Waals surface area contributed by atoms with E-state index in [9.17, 15) is 9.59 Å². The highest BCUT2D eigenvalue weighted by molar-refractivity contribution is 6.09. The number of ether oxygens (including phenoxy) is 1. The first-order chi connectivity index (χ1) is 14.1. The Kier molecular flexibility index (Phi) is 6.36. The van der Waals surface area contributed by atoms with E-state index >= 15 is 0 Å². The smallest absolute Gasteiger partial charge is 0.246 e. The molecule has 0 saturated carbocycles. The van der Waals surface area contributed by atoms with Crippen LogP contribution in [0.4, 0.5) is 5.82 Å². The van der Waals surface area contributed by atoms with Gasteiger partial charge in [0, 0.05) is 11.9 Å². The SMILES string of the molecule is CC(C)Cn1cnc2c(NC(=O)CNC(=O)COC(C)(C)C)nc3ccccc3c21. The molecule has 2 heterocycles. The van der Waals surface area contributed by atoms with Crippen LogP contribution in [0.5, 0.6) is 0 Å². The summed E-state index contributed by atoms with van der Waals surface area (Å²) in [6.45, 7) is 10.4. The molecule has 0 bridgehead atoms. The van der Waals surface area contributed by atoms with Crippen molar-refractivity contribution in [3.8, 4) is 0 Å². The number of pyridine rings is 1. The van der Waals surface area contributed by atoms with Crippen molar-refractivity contribution in [2.45, 2.75) is 46.8 Å². The average molecular weight is 412 g/mol. The number of benzene rings is 1. The summed E-state index contributed by atoms with van der Waals surface area (Å²) in [7, 11) is 0. The van der Waals surface area contributed by atoms with Gasteiger partial charge < -0.3 is 19.9 Å². The molecular formula is C22H29N5O3. The Balaban J connectivity index is 1.79. The number of carbonyl (C=O) groups excluding carboxylic acids is 2. The molecule has 3 aromatic rings. The number of para-hydroxylation sites is 1. The van der Waals surface area contributed by atoms with Gasteiger partial charge in [0.05, 0.1) is 29.5 Å². The van der Waals surface area contributed by atoms with Crippen molar-refractivity contribution in [3.05, 3.63) is 30.6 Å². The number of hydrogen-bond donors (Lipinski definition) is 2. The Morgan fingerprint density at radius 1 is 1.17 bits per heavy atom. The number of aromatic nitrogens is 3. The molecule has 2 aromatic heterocycles. The molecule has 2 N–H and O–H groups in total. The second kappa shape index (κ2) is 8.79. The van der Waals surface area contributed by atoms with Crippen molar-refractivity contribution >= 4 is 39.6 Å². The minimum Gasteiger partial charge on any atom is -0.366 e. The molecule has 0 atom stereocenters. The van der Waals surface area contributed by atoms with Gasteiger partial charge in [-0.1, -0.05) is 32.0 Å². The number of carbonyl (C=O) groups is 2. The maximum absolute atomic E-state index is 12.4. The van der Waals surface area contributed by atoms with Crippen molar-refractivity contribution in [1.82, 2.24) is 19.9 Å². The monoisotopic (exact) mass is 411 g/mol.